The summed E-state index contributed by atoms with van der Waals surface area (Å²) in [5, 5.41) is 57.2. The van der Waals surface area contributed by atoms with Gasteiger partial charge in [0.2, 0.25) is 0 Å². The van der Waals surface area contributed by atoms with Crippen LogP contribution in [0.3, 0.4) is 0 Å². The highest BCUT2D eigenvalue weighted by Crippen LogP contribution is 2.60. The van der Waals surface area contributed by atoms with Crippen LogP contribution < -0.4 is 11.4 Å². The number of aromatic nitrogens is 2. The lowest BCUT2D eigenvalue weighted by Crippen LogP contribution is -2.52. The number of aliphatic hydroxyl groups excluding tert-OH is 5. The van der Waals surface area contributed by atoms with Crippen molar-refractivity contribution in [2.24, 2.45) is 11.8 Å². The molecule has 23 heteroatoms. The molecule has 1 aromatic rings. The van der Waals surface area contributed by atoms with Crippen LogP contribution in [0.15, 0.2) is 53.5 Å². The number of nitrogen functional groups attached to an aromatic ring is 1. The Labute approximate surface area is 404 Å². The third-order valence-electron chi connectivity index (χ3n) is 11.8. The van der Waals surface area contributed by atoms with Gasteiger partial charge in [0, 0.05) is 30.9 Å². The monoisotopic (exact) mass is 1020 g/mol. The number of nitrogens with two attached hydrogens (primary N) is 1. The van der Waals surface area contributed by atoms with Gasteiger partial charge in [-0.2, -0.15) is 9.29 Å². The molecule has 394 valence electrons. The van der Waals surface area contributed by atoms with Crippen molar-refractivity contribution in [3.8, 4) is 0 Å². The van der Waals surface area contributed by atoms with Crippen LogP contribution in [0, 0.1) is 11.8 Å². The van der Waals surface area contributed by atoms with E-state index in [1.54, 1.807) is 0 Å². The van der Waals surface area contributed by atoms with E-state index in [-0.39, 0.29) is 25.1 Å². The first-order chi connectivity index (χ1) is 32.9. The number of unbranched alkanes of at least 4 members (excludes halogenated alkanes) is 11. The Morgan fingerprint density at radius 1 is 0.870 bits per heavy atom. The number of nitrogens with zero attached hydrogens (tertiary/aromatic N) is 2. The zero-order valence-electron chi connectivity index (χ0n) is 39.9. The van der Waals surface area contributed by atoms with Gasteiger partial charge in [0.25, 0.3) is 0 Å². The maximum Gasteiger partial charge on any atom is 0.481 e. The number of hydrogen-bond acceptors (Lipinski definition) is 18. The predicted octanol–water partition coefficient (Wildman–Crippen LogP) is 5.60. The lowest BCUT2D eigenvalue weighted by atomic mass is 9.82. The van der Waals surface area contributed by atoms with E-state index < -0.39 is 120 Å². The number of anilines is 1. The molecule has 1 saturated heterocycles. The average Bonchev–Trinajstić information content (AvgIpc) is 3.28. The fraction of sp³-hybridized carbons (Fsp3) is 0.739. The molecule has 0 aliphatic carbocycles. The molecule has 2 unspecified atom stereocenters. The van der Waals surface area contributed by atoms with Crippen molar-refractivity contribution in [2.45, 2.75) is 185 Å². The molecule has 1 fully saturated rings. The molecule has 0 radical (unpaired) electrons. The van der Waals surface area contributed by atoms with Crippen molar-refractivity contribution < 1.29 is 81.6 Å². The number of cyclic esters (lactones) is 1. The molecule has 3 rings (SSSR count). The second-order valence-electron chi connectivity index (χ2n) is 17.6. The van der Waals surface area contributed by atoms with Crippen LogP contribution in [0.2, 0.25) is 0 Å². The van der Waals surface area contributed by atoms with E-state index in [2.05, 4.69) is 28.4 Å². The molecule has 69 heavy (non-hydrogen) atoms. The Balaban J connectivity index is 1.86. The van der Waals surface area contributed by atoms with Gasteiger partial charge in [-0.1, -0.05) is 108 Å². The van der Waals surface area contributed by atoms with Gasteiger partial charge in [-0.05, 0) is 51.0 Å². The lowest BCUT2D eigenvalue weighted by molar-refractivity contribution is -0.194. The number of phosphoric acid groups is 2. The zero-order chi connectivity index (χ0) is 50.8. The molecule has 0 aromatic carbocycles. The zero-order valence-corrected chi connectivity index (χ0v) is 41.7. The van der Waals surface area contributed by atoms with Crippen LogP contribution >= 0.6 is 15.6 Å². The number of ether oxygens (including phenoxy) is 3. The van der Waals surface area contributed by atoms with Crippen LogP contribution in [0.25, 0.3) is 0 Å². The summed E-state index contributed by atoms with van der Waals surface area (Å²) in [7, 11) is -11.3. The van der Waals surface area contributed by atoms with Gasteiger partial charge < -0.3 is 55.3 Å². The summed E-state index contributed by atoms with van der Waals surface area (Å²) in [5.41, 5.74) is 4.72. The molecule has 12 atom stereocenters. The lowest BCUT2D eigenvalue weighted by Gasteiger charge is -2.40. The topological polar surface area (TPSA) is 326 Å². The molecule has 2 bridgehead atoms. The third-order valence-corrected chi connectivity index (χ3v) is 14.4. The molecule has 0 spiro atoms. The fourth-order valence-electron chi connectivity index (χ4n) is 7.85. The Bertz CT molecular complexity index is 1920. The maximum atomic E-state index is 13.3. The van der Waals surface area contributed by atoms with Gasteiger partial charge in [-0.25, -0.2) is 13.9 Å². The second kappa shape index (κ2) is 32.0. The third kappa shape index (κ3) is 23.3. The van der Waals surface area contributed by atoms with Gasteiger partial charge in [-0.3, -0.25) is 23.2 Å². The first-order valence-corrected chi connectivity index (χ1v) is 27.2. The van der Waals surface area contributed by atoms with Crippen molar-refractivity contribution in [3.63, 3.8) is 0 Å². The van der Waals surface area contributed by atoms with E-state index >= 15 is 0 Å². The number of phosphoric ester groups is 2. The largest absolute Gasteiger partial charge is 0.481 e. The maximum absolute atomic E-state index is 13.3. The summed E-state index contributed by atoms with van der Waals surface area (Å²) in [4.78, 5) is 64.1. The minimum atomic E-state index is -5.69. The molecule has 3 heterocycles. The number of aliphatic hydroxyl groups is 5. The van der Waals surface area contributed by atoms with Gasteiger partial charge in [0.1, 0.15) is 30.9 Å². The molecular weight excluding hydrogens is 944 g/mol. The molecular formula is C46H77N3O18P2. The highest BCUT2D eigenvalue weighted by Gasteiger charge is 2.45. The van der Waals surface area contributed by atoms with Crippen molar-refractivity contribution >= 4 is 33.4 Å². The number of carbonyl (C=O) groups excluding carboxylic acids is 2. The fourth-order valence-corrected chi connectivity index (χ4v) is 9.96. The summed E-state index contributed by atoms with van der Waals surface area (Å²) < 4.78 is 58.6. The van der Waals surface area contributed by atoms with E-state index in [4.69, 9.17) is 29.0 Å². The standard InChI is InChI=1S/C46H77N3O18P2/c1-3-5-7-8-9-10-11-12-13-14-15-16-18-24-42(54)65-34-30-62-41(53)23-20-19-22-36-38(52)29-37(51)35(26-25-33(50)21-17-6-4-2)43(55)44(56)39(32-64-69(60,61)67-68(58,59)63-31-34)66-45(36)49-28-27-40(47)48-46(49)57/h10-11,19-20,25-28,33-39,43-45,50-52,55-56H,3-9,12-18,21-24,29-32H2,1-2H3,(H,58,59)(H,60,61)(H2,47,48,57)/b11-10-,20-19-,26-25+/t33-,34-,35+,36-,37-,38+,39-,43+,44-,45-/m1/s1. The smallest absolute Gasteiger partial charge is 0.461 e. The average molecular weight is 1020 g/mol. The van der Waals surface area contributed by atoms with E-state index in [9.17, 15) is 58.8 Å². The van der Waals surface area contributed by atoms with E-state index in [0.717, 1.165) is 62.1 Å². The molecule has 9 N–H and O–H groups in total. The Hall–Kier alpha value is -3.14. The summed E-state index contributed by atoms with van der Waals surface area (Å²) in [5.74, 6) is -4.45. The van der Waals surface area contributed by atoms with Gasteiger partial charge in [0.05, 0.1) is 44.1 Å². The van der Waals surface area contributed by atoms with Gasteiger partial charge in [0.15, 0.2) is 6.10 Å². The number of hydrogen-bond donors (Lipinski definition) is 8. The summed E-state index contributed by atoms with van der Waals surface area (Å²) in [6, 6.07) is 1.22. The quantitative estimate of drug-likeness (QED) is 0.0321. The number of fused-ring (bicyclic) bond motifs is 3. The highest BCUT2D eigenvalue weighted by atomic mass is 31.3. The van der Waals surface area contributed by atoms with Gasteiger partial charge >= 0.3 is 33.3 Å². The first kappa shape index (κ1) is 60.2. The second-order valence-corrected chi connectivity index (χ2v) is 20.6. The van der Waals surface area contributed by atoms with E-state index in [1.165, 1.54) is 56.1 Å². The normalized spacial score (nSPS) is 31.4. The Morgan fingerprint density at radius 3 is 2.19 bits per heavy atom. The minimum Gasteiger partial charge on any atom is -0.461 e. The highest BCUT2D eigenvalue weighted by molar-refractivity contribution is 7.61. The van der Waals surface area contributed by atoms with E-state index in [0.29, 0.717) is 19.3 Å². The number of carbonyl (C=O) groups is 2. The van der Waals surface area contributed by atoms with Crippen LogP contribution in [0.4, 0.5) is 5.82 Å². The van der Waals surface area contributed by atoms with Crippen molar-refractivity contribution in [3.05, 3.63) is 59.2 Å². The Kier molecular flexibility index (Phi) is 27.9. The first-order valence-electron chi connectivity index (χ1n) is 24.3. The number of esters is 2. The van der Waals surface area contributed by atoms with Crippen LogP contribution in [0.1, 0.15) is 142 Å². The molecule has 1 aromatic heterocycles. The summed E-state index contributed by atoms with van der Waals surface area (Å²) >= 11 is 0. The molecule has 21 nitrogen and oxygen atoms in total. The van der Waals surface area contributed by atoms with Crippen LogP contribution in [-0.4, -0.2) is 119 Å². The van der Waals surface area contributed by atoms with Crippen molar-refractivity contribution in [1.29, 1.82) is 0 Å². The van der Waals surface area contributed by atoms with Gasteiger partial charge in [-0.15, -0.1) is 0 Å². The minimum absolute atomic E-state index is 0.0246. The predicted molar refractivity (Wildman–Crippen MR) is 254 cm³/mol. The molecule has 2 aliphatic rings. The van der Waals surface area contributed by atoms with E-state index in [1.807, 2.05) is 6.92 Å². The molecule has 0 amide bonds. The Morgan fingerprint density at radius 2 is 1.51 bits per heavy atom. The molecule has 2 aliphatic heterocycles. The summed E-state index contributed by atoms with van der Waals surface area (Å²) in [6.07, 6.45) is 10.1. The van der Waals surface area contributed by atoms with Crippen molar-refractivity contribution in [1.82, 2.24) is 9.55 Å². The number of rotatable bonds is 21. The van der Waals surface area contributed by atoms with Crippen LogP contribution in [0.5, 0.6) is 0 Å². The SMILES string of the molecule is CCCCCC/C=C\CCCCCCCC(=O)O[C@@H]1COC(=O)C/C=C\C[C@H]2[C@H](n3ccc(N)nc3=O)O[C@H](COP(=O)(O)OP(=O)(O)OC1)[C@@H](O)[C@@H](O)[C@@H](/C=C/[C@H](O)CCCCC)[C@H](O)C[C@@H]2O. The summed E-state index contributed by atoms with van der Waals surface area (Å²) in [6.45, 7) is 1.36. The molecule has 0 saturated carbocycles. The number of allylic oxidation sites excluding steroid dienone is 3. The van der Waals surface area contributed by atoms with Crippen molar-refractivity contribution in [2.75, 3.05) is 25.6 Å². The van der Waals surface area contributed by atoms with Crippen LogP contribution in [-0.2, 0) is 46.3 Å².